The minimum Gasteiger partial charge on any atom is -0.254 e. The van der Waals surface area contributed by atoms with E-state index in [1.165, 1.54) is 17.1 Å². The fourth-order valence-electron chi connectivity index (χ4n) is 3.32. The van der Waals surface area contributed by atoms with Gasteiger partial charge in [-0.15, -0.1) is 5.10 Å². The maximum atomic E-state index is 14.1. The fraction of sp³-hybridized carbons (Fsp3) is 0.0952. The fourth-order valence-corrected chi connectivity index (χ4v) is 3.32. The first-order valence-corrected chi connectivity index (χ1v) is 9.37. The highest BCUT2D eigenvalue weighted by molar-refractivity contribution is 5.89. The molecule has 1 atom stereocenters. The second kappa shape index (κ2) is 7.38. The van der Waals surface area contributed by atoms with Crippen molar-refractivity contribution in [3.05, 3.63) is 78.4 Å². The zero-order chi connectivity index (χ0) is 21.4. The highest BCUT2D eigenvalue weighted by atomic mass is 19.1. The van der Waals surface area contributed by atoms with Crippen molar-refractivity contribution in [1.29, 1.82) is 5.26 Å². The molecule has 0 fully saturated rings. The SMILES string of the molecule is CC(c1cn(-c2ccccc2F)nn1)n1nc(-c2cc(C#N)ccn2)c2cncnc21. The van der Waals surface area contributed by atoms with E-state index in [1.54, 1.807) is 53.6 Å². The van der Waals surface area contributed by atoms with E-state index >= 15 is 0 Å². The number of benzene rings is 1. The standard InChI is InChI=1S/C21H14FN9/c1-13(18-11-30(29-27-18)19-5-3-2-4-16(19)22)31-21-15(10-24-12-26-21)20(28-31)17-8-14(9-23)6-7-25-17/h2-8,10-13H,1H3. The summed E-state index contributed by atoms with van der Waals surface area (Å²) in [6.07, 6.45) is 6.31. The average molecular weight is 411 g/mol. The molecule has 0 radical (unpaired) electrons. The third kappa shape index (κ3) is 3.18. The molecule has 4 heterocycles. The molecule has 0 N–H and O–H groups in total. The van der Waals surface area contributed by atoms with Gasteiger partial charge < -0.3 is 0 Å². The summed E-state index contributed by atoms with van der Waals surface area (Å²) in [5, 5.41) is 22.9. The van der Waals surface area contributed by atoms with E-state index in [0.29, 0.717) is 39.4 Å². The molecule has 5 aromatic rings. The van der Waals surface area contributed by atoms with Gasteiger partial charge in [0.05, 0.1) is 35.0 Å². The van der Waals surface area contributed by atoms with Gasteiger partial charge in [-0.25, -0.2) is 23.7 Å². The summed E-state index contributed by atoms with van der Waals surface area (Å²) in [6.45, 7) is 1.90. The summed E-state index contributed by atoms with van der Waals surface area (Å²) in [5.41, 5.74) is 3.05. The van der Waals surface area contributed by atoms with Crippen LogP contribution in [-0.4, -0.2) is 39.7 Å². The van der Waals surface area contributed by atoms with Gasteiger partial charge in [0, 0.05) is 12.4 Å². The Bertz CT molecular complexity index is 1450. The zero-order valence-electron chi connectivity index (χ0n) is 16.3. The third-order valence-corrected chi connectivity index (χ3v) is 4.91. The Labute approximate surface area is 175 Å². The lowest BCUT2D eigenvalue weighted by atomic mass is 10.2. The number of fused-ring (bicyclic) bond motifs is 1. The first-order chi connectivity index (χ1) is 15.2. The maximum Gasteiger partial charge on any atom is 0.162 e. The van der Waals surface area contributed by atoms with E-state index in [1.807, 2.05) is 6.92 Å². The van der Waals surface area contributed by atoms with Gasteiger partial charge >= 0.3 is 0 Å². The molecule has 0 amide bonds. The number of halogens is 1. The molecule has 5 rings (SSSR count). The van der Waals surface area contributed by atoms with Gasteiger partial charge in [0.15, 0.2) is 5.65 Å². The molecule has 0 aliphatic carbocycles. The Kier molecular flexibility index (Phi) is 4.41. The van der Waals surface area contributed by atoms with Gasteiger partial charge in [-0.1, -0.05) is 17.3 Å². The molecule has 150 valence electrons. The van der Waals surface area contributed by atoms with Crippen molar-refractivity contribution in [3.8, 4) is 23.1 Å². The lowest BCUT2D eigenvalue weighted by molar-refractivity contribution is 0.565. The van der Waals surface area contributed by atoms with Crippen molar-refractivity contribution in [2.45, 2.75) is 13.0 Å². The van der Waals surface area contributed by atoms with Crippen LogP contribution >= 0.6 is 0 Å². The van der Waals surface area contributed by atoms with Crippen LogP contribution in [-0.2, 0) is 0 Å². The van der Waals surface area contributed by atoms with E-state index < -0.39 is 5.82 Å². The molecular formula is C21H14FN9. The summed E-state index contributed by atoms with van der Waals surface area (Å²) in [7, 11) is 0. The number of nitriles is 1. The van der Waals surface area contributed by atoms with Crippen molar-refractivity contribution in [3.63, 3.8) is 0 Å². The number of para-hydroxylation sites is 1. The third-order valence-electron chi connectivity index (χ3n) is 4.91. The van der Waals surface area contributed by atoms with E-state index in [2.05, 4.69) is 31.3 Å². The smallest absolute Gasteiger partial charge is 0.162 e. The zero-order valence-corrected chi connectivity index (χ0v) is 16.3. The molecule has 0 spiro atoms. The van der Waals surface area contributed by atoms with Gasteiger partial charge in [0.25, 0.3) is 0 Å². The molecular weight excluding hydrogens is 397 g/mol. The monoisotopic (exact) mass is 411 g/mol. The first-order valence-electron chi connectivity index (χ1n) is 9.37. The number of rotatable bonds is 4. The number of hydrogen-bond acceptors (Lipinski definition) is 7. The topological polar surface area (TPSA) is 111 Å². The lowest BCUT2D eigenvalue weighted by Gasteiger charge is -2.09. The second-order valence-electron chi connectivity index (χ2n) is 6.81. The minimum absolute atomic E-state index is 0.305. The van der Waals surface area contributed by atoms with Crippen LogP contribution < -0.4 is 0 Å². The molecule has 0 saturated heterocycles. The number of aromatic nitrogens is 8. The Morgan fingerprint density at radius 2 is 2.03 bits per heavy atom. The molecule has 31 heavy (non-hydrogen) atoms. The van der Waals surface area contributed by atoms with E-state index in [9.17, 15) is 9.65 Å². The molecule has 0 aliphatic rings. The van der Waals surface area contributed by atoms with Crippen molar-refractivity contribution < 1.29 is 4.39 Å². The summed E-state index contributed by atoms with van der Waals surface area (Å²) < 4.78 is 17.2. The highest BCUT2D eigenvalue weighted by Crippen LogP contribution is 2.29. The Hall–Kier alpha value is -4.52. The van der Waals surface area contributed by atoms with Crippen LogP contribution in [0.2, 0.25) is 0 Å². The van der Waals surface area contributed by atoms with Gasteiger partial charge in [-0.3, -0.25) is 4.98 Å². The molecule has 0 saturated carbocycles. The van der Waals surface area contributed by atoms with Gasteiger partial charge in [0.1, 0.15) is 29.2 Å². The van der Waals surface area contributed by atoms with Gasteiger partial charge in [0.2, 0.25) is 0 Å². The quantitative estimate of drug-likeness (QED) is 0.447. The highest BCUT2D eigenvalue weighted by Gasteiger charge is 2.22. The molecule has 4 aromatic heterocycles. The predicted octanol–water partition coefficient (Wildman–Crippen LogP) is 3.09. The predicted molar refractivity (Wildman–Crippen MR) is 108 cm³/mol. The molecule has 1 unspecified atom stereocenters. The van der Waals surface area contributed by atoms with Crippen LogP contribution in [0.15, 0.2) is 61.3 Å². The maximum absolute atomic E-state index is 14.1. The molecule has 0 aliphatic heterocycles. The van der Waals surface area contributed by atoms with E-state index in [4.69, 9.17) is 5.10 Å². The van der Waals surface area contributed by atoms with Crippen LogP contribution in [0.1, 0.15) is 24.2 Å². The normalized spacial score (nSPS) is 12.0. The number of pyridine rings is 1. The second-order valence-corrected chi connectivity index (χ2v) is 6.81. The Morgan fingerprint density at radius 1 is 1.16 bits per heavy atom. The van der Waals surface area contributed by atoms with Crippen LogP contribution in [0.4, 0.5) is 4.39 Å². The minimum atomic E-state index is -0.394. The summed E-state index contributed by atoms with van der Waals surface area (Å²) in [5.74, 6) is -0.394. The van der Waals surface area contributed by atoms with Gasteiger partial charge in [-0.05, 0) is 31.2 Å². The average Bonchev–Trinajstić information content (AvgIpc) is 3.45. The molecule has 9 nitrogen and oxygen atoms in total. The Morgan fingerprint density at radius 3 is 2.87 bits per heavy atom. The summed E-state index contributed by atoms with van der Waals surface area (Å²) in [6, 6.07) is 11.4. The van der Waals surface area contributed by atoms with Crippen molar-refractivity contribution in [1.82, 2.24) is 39.7 Å². The Balaban J connectivity index is 1.60. The first kappa shape index (κ1) is 18.5. The van der Waals surface area contributed by atoms with Gasteiger partial charge in [-0.2, -0.15) is 10.4 Å². The van der Waals surface area contributed by atoms with Crippen LogP contribution in [0.3, 0.4) is 0 Å². The molecule has 1 aromatic carbocycles. The van der Waals surface area contributed by atoms with Crippen molar-refractivity contribution in [2.75, 3.05) is 0 Å². The van der Waals surface area contributed by atoms with Crippen LogP contribution in [0, 0.1) is 17.1 Å². The summed E-state index contributed by atoms with van der Waals surface area (Å²) in [4.78, 5) is 12.8. The van der Waals surface area contributed by atoms with Crippen LogP contribution in [0.25, 0.3) is 28.1 Å². The number of hydrogen-bond donors (Lipinski definition) is 0. The lowest BCUT2D eigenvalue weighted by Crippen LogP contribution is -2.10. The molecule has 0 bridgehead atoms. The summed E-state index contributed by atoms with van der Waals surface area (Å²) >= 11 is 0. The van der Waals surface area contributed by atoms with Crippen molar-refractivity contribution >= 4 is 11.0 Å². The largest absolute Gasteiger partial charge is 0.254 e. The van der Waals surface area contributed by atoms with Crippen LogP contribution in [0.5, 0.6) is 0 Å². The van der Waals surface area contributed by atoms with E-state index in [-0.39, 0.29) is 6.04 Å². The van der Waals surface area contributed by atoms with E-state index in [0.717, 1.165) is 0 Å². The number of nitrogens with zero attached hydrogens (tertiary/aromatic N) is 9. The van der Waals surface area contributed by atoms with Crippen molar-refractivity contribution in [2.24, 2.45) is 0 Å². The molecule has 10 heteroatoms.